The van der Waals surface area contributed by atoms with E-state index in [0.29, 0.717) is 18.1 Å². The van der Waals surface area contributed by atoms with Crippen molar-refractivity contribution in [3.05, 3.63) is 0 Å². The van der Waals surface area contributed by atoms with E-state index in [-0.39, 0.29) is 5.41 Å². The van der Waals surface area contributed by atoms with E-state index in [0.717, 1.165) is 31.7 Å². The quantitative estimate of drug-likeness (QED) is 0.782. The lowest BCUT2D eigenvalue weighted by Gasteiger charge is -2.28. The van der Waals surface area contributed by atoms with Crippen LogP contribution in [0.25, 0.3) is 0 Å². The van der Waals surface area contributed by atoms with E-state index < -0.39 is 0 Å². The molecule has 16 heavy (non-hydrogen) atoms. The summed E-state index contributed by atoms with van der Waals surface area (Å²) in [5.74, 6) is 1.63. The van der Waals surface area contributed by atoms with E-state index >= 15 is 0 Å². The van der Waals surface area contributed by atoms with Gasteiger partial charge in [0.15, 0.2) is 5.90 Å². The largest absolute Gasteiger partial charge is 0.475 e. The van der Waals surface area contributed by atoms with E-state index in [4.69, 9.17) is 15.5 Å². The lowest BCUT2D eigenvalue weighted by molar-refractivity contribution is 0.124. The first-order valence-corrected chi connectivity index (χ1v) is 6.41. The van der Waals surface area contributed by atoms with Crippen molar-refractivity contribution in [2.45, 2.75) is 58.6 Å². The second kappa shape index (κ2) is 4.36. The maximum Gasteiger partial charge on any atom is 0.184 e. The number of rotatable bonds is 2. The number of nitrogens with two attached hydrogens (primary N) is 1. The third-order valence-corrected chi connectivity index (χ3v) is 3.48. The molecule has 0 aromatic heterocycles. The zero-order valence-electron chi connectivity index (χ0n) is 10.7. The summed E-state index contributed by atoms with van der Waals surface area (Å²) in [6.45, 7) is 7.48. The molecule has 1 aliphatic carbocycles. The molecule has 1 heterocycles. The van der Waals surface area contributed by atoms with Gasteiger partial charge in [0.05, 0.1) is 6.04 Å². The molecule has 0 aromatic rings. The Hall–Kier alpha value is -0.570. The summed E-state index contributed by atoms with van der Waals surface area (Å²) in [4.78, 5) is 4.73. The van der Waals surface area contributed by atoms with Gasteiger partial charge in [0, 0.05) is 6.42 Å². The van der Waals surface area contributed by atoms with Crippen molar-refractivity contribution >= 4 is 5.90 Å². The summed E-state index contributed by atoms with van der Waals surface area (Å²) in [6.07, 6.45) is 4.75. The van der Waals surface area contributed by atoms with Crippen LogP contribution >= 0.6 is 0 Å². The highest BCUT2D eigenvalue weighted by Gasteiger charge is 2.37. The van der Waals surface area contributed by atoms with Crippen LogP contribution in [-0.2, 0) is 4.74 Å². The molecule has 1 aliphatic heterocycles. The Balaban J connectivity index is 1.95. The molecule has 2 N–H and O–H groups in total. The van der Waals surface area contributed by atoms with E-state index in [1.807, 2.05) is 0 Å². The summed E-state index contributed by atoms with van der Waals surface area (Å²) < 4.78 is 5.94. The number of fused-ring (bicyclic) bond motifs is 1. The zero-order chi connectivity index (χ0) is 11.8. The minimum absolute atomic E-state index is 0.263. The lowest BCUT2D eigenvalue weighted by atomic mass is 9.84. The van der Waals surface area contributed by atoms with Gasteiger partial charge in [-0.2, -0.15) is 0 Å². The number of hydrogen-bond acceptors (Lipinski definition) is 3. The van der Waals surface area contributed by atoms with Crippen LogP contribution in [0.3, 0.4) is 0 Å². The average Bonchev–Trinajstić information content (AvgIpc) is 2.55. The van der Waals surface area contributed by atoms with Gasteiger partial charge in [0.1, 0.15) is 6.10 Å². The Morgan fingerprint density at radius 2 is 2.12 bits per heavy atom. The summed E-state index contributed by atoms with van der Waals surface area (Å²) in [5, 5.41) is 0. The molecule has 3 nitrogen and oxygen atoms in total. The van der Waals surface area contributed by atoms with Crippen LogP contribution in [0.4, 0.5) is 0 Å². The number of ether oxygens (including phenoxy) is 1. The molecule has 2 rings (SSSR count). The summed E-state index contributed by atoms with van der Waals surface area (Å²) >= 11 is 0. The Kier molecular flexibility index (Phi) is 3.24. The highest BCUT2D eigenvalue weighted by molar-refractivity contribution is 5.78. The first-order valence-electron chi connectivity index (χ1n) is 6.41. The number of hydrogen-bond donors (Lipinski definition) is 1. The third kappa shape index (κ3) is 2.76. The van der Waals surface area contributed by atoms with Crippen molar-refractivity contribution in [1.82, 2.24) is 0 Å². The summed E-state index contributed by atoms with van der Waals surface area (Å²) in [5.41, 5.74) is 6.00. The predicted octanol–water partition coefficient (Wildman–Crippen LogP) is 2.35. The molecule has 0 aromatic carbocycles. The molecule has 3 unspecified atom stereocenters. The SMILES string of the molecule is CC(C)(C)CC1=NC2CC(CN)CCC2O1. The fourth-order valence-corrected chi connectivity index (χ4v) is 2.62. The molecule has 92 valence electrons. The lowest BCUT2D eigenvalue weighted by Crippen LogP contribution is -2.33. The van der Waals surface area contributed by atoms with Gasteiger partial charge in [-0.3, -0.25) is 0 Å². The van der Waals surface area contributed by atoms with Crippen LogP contribution in [0.5, 0.6) is 0 Å². The zero-order valence-corrected chi connectivity index (χ0v) is 10.7. The second-order valence-corrected chi connectivity index (χ2v) is 6.40. The fourth-order valence-electron chi connectivity index (χ4n) is 2.62. The molecular weight excluding hydrogens is 200 g/mol. The Morgan fingerprint density at radius 3 is 2.75 bits per heavy atom. The van der Waals surface area contributed by atoms with Gasteiger partial charge in [-0.1, -0.05) is 20.8 Å². The van der Waals surface area contributed by atoms with Crippen LogP contribution < -0.4 is 5.73 Å². The monoisotopic (exact) mass is 224 g/mol. The summed E-state index contributed by atoms with van der Waals surface area (Å²) in [6, 6.07) is 0.389. The summed E-state index contributed by atoms with van der Waals surface area (Å²) in [7, 11) is 0. The maximum atomic E-state index is 5.94. The molecule has 2 aliphatic rings. The molecule has 0 amide bonds. The maximum absolute atomic E-state index is 5.94. The van der Waals surface area contributed by atoms with Gasteiger partial charge in [-0.15, -0.1) is 0 Å². The van der Waals surface area contributed by atoms with Crippen LogP contribution in [0.15, 0.2) is 4.99 Å². The Morgan fingerprint density at radius 1 is 1.38 bits per heavy atom. The highest BCUT2D eigenvalue weighted by Crippen LogP contribution is 2.34. The normalized spacial score (nSPS) is 34.2. The first kappa shape index (κ1) is 11.9. The molecule has 0 spiro atoms. The smallest absolute Gasteiger partial charge is 0.184 e. The second-order valence-electron chi connectivity index (χ2n) is 6.40. The van der Waals surface area contributed by atoms with Crippen LogP contribution in [0.2, 0.25) is 0 Å². The van der Waals surface area contributed by atoms with E-state index in [2.05, 4.69) is 20.8 Å². The fraction of sp³-hybridized carbons (Fsp3) is 0.923. The van der Waals surface area contributed by atoms with Crippen LogP contribution in [-0.4, -0.2) is 24.6 Å². The molecule has 0 bridgehead atoms. The van der Waals surface area contributed by atoms with Gasteiger partial charge < -0.3 is 10.5 Å². The molecule has 1 fully saturated rings. The standard InChI is InChI=1S/C13H24N2O/c1-13(2,3)7-12-15-10-6-9(8-14)4-5-11(10)16-12/h9-11H,4-8,14H2,1-3H3. The number of nitrogens with zero attached hydrogens (tertiary/aromatic N) is 1. The van der Waals surface area contributed by atoms with Crippen molar-refractivity contribution in [1.29, 1.82) is 0 Å². The first-order chi connectivity index (χ1) is 7.48. The average molecular weight is 224 g/mol. The van der Waals surface area contributed by atoms with Crippen LogP contribution in [0.1, 0.15) is 46.5 Å². The predicted molar refractivity (Wildman–Crippen MR) is 66.6 cm³/mol. The molecule has 0 saturated heterocycles. The number of aliphatic imine (C=N–C) groups is 1. The van der Waals surface area contributed by atoms with E-state index in [9.17, 15) is 0 Å². The van der Waals surface area contributed by atoms with Crippen molar-refractivity contribution in [3.63, 3.8) is 0 Å². The minimum Gasteiger partial charge on any atom is -0.475 e. The van der Waals surface area contributed by atoms with E-state index in [1.54, 1.807) is 0 Å². The van der Waals surface area contributed by atoms with Gasteiger partial charge in [-0.25, -0.2) is 4.99 Å². The van der Waals surface area contributed by atoms with Crippen molar-refractivity contribution in [2.75, 3.05) is 6.54 Å². The molecular formula is C13H24N2O. The van der Waals surface area contributed by atoms with Crippen molar-refractivity contribution in [2.24, 2.45) is 22.1 Å². The topological polar surface area (TPSA) is 47.6 Å². The van der Waals surface area contributed by atoms with Gasteiger partial charge >= 0.3 is 0 Å². The van der Waals surface area contributed by atoms with Gasteiger partial charge in [0.2, 0.25) is 0 Å². The van der Waals surface area contributed by atoms with E-state index in [1.165, 1.54) is 6.42 Å². The Bertz CT molecular complexity index is 280. The Labute approximate surface area is 98.5 Å². The van der Waals surface area contributed by atoms with Crippen molar-refractivity contribution < 1.29 is 4.74 Å². The molecule has 3 atom stereocenters. The molecule has 0 radical (unpaired) electrons. The highest BCUT2D eigenvalue weighted by atomic mass is 16.5. The molecule has 3 heteroatoms. The third-order valence-electron chi connectivity index (χ3n) is 3.48. The minimum atomic E-state index is 0.263. The van der Waals surface area contributed by atoms with Gasteiger partial charge in [0.25, 0.3) is 0 Å². The van der Waals surface area contributed by atoms with Gasteiger partial charge in [-0.05, 0) is 37.1 Å². The van der Waals surface area contributed by atoms with Crippen molar-refractivity contribution in [3.8, 4) is 0 Å². The molecule has 1 saturated carbocycles. The van der Waals surface area contributed by atoms with Crippen LogP contribution in [0, 0.1) is 11.3 Å².